The van der Waals surface area contributed by atoms with Gasteiger partial charge < -0.3 is 5.11 Å². The van der Waals surface area contributed by atoms with E-state index in [0.29, 0.717) is 6.42 Å². The summed E-state index contributed by atoms with van der Waals surface area (Å²) in [5.41, 5.74) is -0.0505. The van der Waals surface area contributed by atoms with Crippen LogP contribution in [0.4, 0.5) is 0 Å². The maximum absolute atomic E-state index is 9.59. The van der Waals surface area contributed by atoms with Crippen LogP contribution in [0.2, 0.25) is 0 Å². The monoisotopic (exact) mass is 154 g/mol. The van der Waals surface area contributed by atoms with Gasteiger partial charge in [-0.15, -0.1) is 12.3 Å². The Morgan fingerprint density at radius 1 is 1.45 bits per heavy atom. The Hall–Kier alpha value is -0.480. The zero-order valence-electron chi connectivity index (χ0n) is 7.89. The number of hydrogen-bond acceptors (Lipinski definition) is 1. The summed E-state index contributed by atoms with van der Waals surface area (Å²) in [6.07, 6.45) is 5.60. The van der Waals surface area contributed by atoms with Gasteiger partial charge in [-0.25, -0.2) is 0 Å². The van der Waals surface area contributed by atoms with Gasteiger partial charge >= 0.3 is 0 Å². The van der Waals surface area contributed by atoms with Crippen molar-refractivity contribution in [1.82, 2.24) is 0 Å². The van der Waals surface area contributed by atoms with Gasteiger partial charge in [-0.3, -0.25) is 0 Å². The topological polar surface area (TPSA) is 20.2 Å². The van der Waals surface area contributed by atoms with Crippen molar-refractivity contribution in [2.75, 3.05) is 0 Å². The van der Waals surface area contributed by atoms with Crippen molar-refractivity contribution in [2.24, 2.45) is 11.3 Å². The highest BCUT2D eigenvalue weighted by atomic mass is 16.3. The first kappa shape index (κ1) is 10.5. The van der Waals surface area contributed by atoms with Crippen molar-refractivity contribution in [3.8, 4) is 12.3 Å². The van der Waals surface area contributed by atoms with Crippen LogP contribution in [0.15, 0.2) is 0 Å². The lowest BCUT2D eigenvalue weighted by Crippen LogP contribution is -2.27. The molecule has 0 radical (unpaired) electrons. The summed E-state index contributed by atoms with van der Waals surface area (Å²) in [6.45, 7) is 8.00. The number of hydrogen-bond donors (Lipinski definition) is 1. The average Bonchev–Trinajstić information content (AvgIpc) is 1.85. The Kier molecular flexibility index (Phi) is 3.62. The van der Waals surface area contributed by atoms with E-state index in [1.54, 1.807) is 0 Å². The summed E-state index contributed by atoms with van der Waals surface area (Å²) >= 11 is 0. The normalized spacial score (nSPS) is 17.1. The van der Waals surface area contributed by atoms with Crippen molar-refractivity contribution in [2.45, 2.75) is 40.2 Å². The van der Waals surface area contributed by atoms with Crippen molar-refractivity contribution in [3.05, 3.63) is 0 Å². The van der Waals surface area contributed by atoms with E-state index in [-0.39, 0.29) is 17.4 Å². The third-order valence-corrected chi connectivity index (χ3v) is 1.86. The molecule has 64 valence electrons. The van der Waals surface area contributed by atoms with Gasteiger partial charge in [0.2, 0.25) is 0 Å². The number of aliphatic hydroxyl groups excluding tert-OH is 1. The minimum absolute atomic E-state index is 0.0505. The van der Waals surface area contributed by atoms with Crippen LogP contribution < -0.4 is 0 Å². The van der Waals surface area contributed by atoms with Crippen molar-refractivity contribution in [3.63, 3.8) is 0 Å². The number of rotatable bonds is 2. The molecule has 1 N–H and O–H groups in total. The molecule has 0 aliphatic rings. The zero-order chi connectivity index (χ0) is 9.07. The van der Waals surface area contributed by atoms with Gasteiger partial charge in [0.1, 0.15) is 0 Å². The maximum Gasteiger partial charge on any atom is 0.0600 e. The van der Waals surface area contributed by atoms with E-state index in [9.17, 15) is 5.11 Å². The second-order valence-electron chi connectivity index (χ2n) is 4.19. The largest absolute Gasteiger partial charge is 0.393 e. The summed E-state index contributed by atoms with van der Waals surface area (Å²) in [4.78, 5) is 0. The molecule has 0 aromatic heterocycles. The molecule has 0 amide bonds. The summed E-state index contributed by atoms with van der Waals surface area (Å²) in [6, 6.07) is 0. The van der Waals surface area contributed by atoms with Crippen molar-refractivity contribution >= 4 is 0 Å². The van der Waals surface area contributed by atoms with E-state index in [2.05, 4.69) is 5.92 Å². The van der Waals surface area contributed by atoms with Gasteiger partial charge in [0, 0.05) is 5.92 Å². The second kappa shape index (κ2) is 3.78. The van der Waals surface area contributed by atoms with Gasteiger partial charge in [0.15, 0.2) is 0 Å². The van der Waals surface area contributed by atoms with Crippen LogP contribution in [0.5, 0.6) is 0 Å². The van der Waals surface area contributed by atoms with Crippen LogP contribution >= 0.6 is 0 Å². The Morgan fingerprint density at radius 2 is 1.91 bits per heavy atom. The third-order valence-electron chi connectivity index (χ3n) is 1.86. The van der Waals surface area contributed by atoms with Crippen molar-refractivity contribution in [1.29, 1.82) is 0 Å². The lowest BCUT2D eigenvalue weighted by molar-refractivity contribution is 0.0488. The molecular weight excluding hydrogens is 136 g/mol. The van der Waals surface area contributed by atoms with E-state index >= 15 is 0 Å². The molecule has 0 rings (SSSR count). The maximum atomic E-state index is 9.59. The Labute approximate surface area is 69.8 Å². The highest BCUT2D eigenvalue weighted by molar-refractivity contribution is 4.92. The summed E-state index contributed by atoms with van der Waals surface area (Å²) in [5.74, 6) is 2.78. The number of terminal acetylenes is 1. The average molecular weight is 154 g/mol. The molecule has 0 aliphatic carbocycles. The van der Waals surface area contributed by atoms with Gasteiger partial charge in [-0.2, -0.15) is 0 Å². The van der Waals surface area contributed by atoms with E-state index in [1.807, 2.05) is 27.7 Å². The molecular formula is C10H18O. The minimum Gasteiger partial charge on any atom is -0.393 e. The molecule has 11 heavy (non-hydrogen) atoms. The molecule has 0 aromatic rings. The second-order valence-corrected chi connectivity index (χ2v) is 4.19. The van der Waals surface area contributed by atoms with Gasteiger partial charge in [0.25, 0.3) is 0 Å². The fraction of sp³-hybridized carbons (Fsp3) is 0.800. The van der Waals surface area contributed by atoms with Crippen LogP contribution in [-0.2, 0) is 0 Å². The van der Waals surface area contributed by atoms with Crippen LogP contribution in [0.25, 0.3) is 0 Å². The SMILES string of the molecule is C#CC(C)CC(O)C(C)(C)C. The smallest absolute Gasteiger partial charge is 0.0600 e. The van der Waals surface area contributed by atoms with Gasteiger partial charge in [-0.05, 0) is 11.8 Å². The predicted molar refractivity (Wildman–Crippen MR) is 48.1 cm³/mol. The van der Waals surface area contributed by atoms with Crippen molar-refractivity contribution < 1.29 is 5.11 Å². The van der Waals surface area contributed by atoms with Crippen LogP contribution in [-0.4, -0.2) is 11.2 Å². The zero-order valence-corrected chi connectivity index (χ0v) is 7.89. The highest BCUT2D eigenvalue weighted by Gasteiger charge is 2.22. The molecule has 2 atom stereocenters. The highest BCUT2D eigenvalue weighted by Crippen LogP contribution is 2.23. The van der Waals surface area contributed by atoms with Gasteiger partial charge in [0.05, 0.1) is 6.10 Å². The first-order valence-corrected chi connectivity index (χ1v) is 4.02. The fourth-order valence-corrected chi connectivity index (χ4v) is 0.756. The Bertz CT molecular complexity index is 147. The molecule has 1 heteroatoms. The standard InChI is InChI=1S/C10H18O/c1-6-8(2)7-9(11)10(3,4)5/h1,8-9,11H,7H2,2-5H3. The molecule has 1 nitrogen and oxygen atoms in total. The Balaban J connectivity index is 3.90. The lowest BCUT2D eigenvalue weighted by Gasteiger charge is -2.26. The minimum atomic E-state index is -0.298. The molecule has 2 unspecified atom stereocenters. The molecule has 0 aliphatic heterocycles. The van der Waals surface area contributed by atoms with Crippen LogP contribution in [0.3, 0.4) is 0 Å². The van der Waals surface area contributed by atoms with E-state index < -0.39 is 0 Å². The molecule has 0 saturated carbocycles. The number of aliphatic hydroxyl groups is 1. The van der Waals surface area contributed by atoms with Crippen LogP contribution in [0, 0.1) is 23.7 Å². The van der Waals surface area contributed by atoms with E-state index in [0.717, 1.165) is 0 Å². The summed E-state index contributed by atoms with van der Waals surface area (Å²) in [7, 11) is 0. The summed E-state index contributed by atoms with van der Waals surface area (Å²) in [5, 5.41) is 9.59. The van der Waals surface area contributed by atoms with E-state index in [1.165, 1.54) is 0 Å². The molecule has 0 bridgehead atoms. The summed E-state index contributed by atoms with van der Waals surface area (Å²) < 4.78 is 0. The molecule has 0 aromatic carbocycles. The first-order chi connectivity index (χ1) is 4.88. The van der Waals surface area contributed by atoms with Crippen LogP contribution in [0.1, 0.15) is 34.1 Å². The molecule has 0 spiro atoms. The fourth-order valence-electron chi connectivity index (χ4n) is 0.756. The molecule has 0 heterocycles. The quantitative estimate of drug-likeness (QED) is 0.603. The first-order valence-electron chi connectivity index (χ1n) is 4.02. The predicted octanol–water partition coefficient (Wildman–Crippen LogP) is 2.05. The Morgan fingerprint density at radius 3 is 2.18 bits per heavy atom. The molecule has 0 fully saturated rings. The lowest BCUT2D eigenvalue weighted by atomic mass is 9.84. The molecule has 0 saturated heterocycles. The third kappa shape index (κ3) is 4.06. The van der Waals surface area contributed by atoms with E-state index in [4.69, 9.17) is 6.42 Å². The van der Waals surface area contributed by atoms with Gasteiger partial charge in [-0.1, -0.05) is 27.7 Å².